The summed E-state index contributed by atoms with van der Waals surface area (Å²) in [6.45, 7) is 3.38. The maximum Gasteiger partial charge on any atom is 0.264 e. The molecule has 1 aliphatic carbocycles. The highest BCUT2D eigenvalue weighted by Crippen LogP contribution is 2.41. The van der Waals surface area contributed by atoms with Gasteiger partial charge in [-0.3, -0.25) is 4.79 Å². The van der Waals surface area contributed by atoms with E-state index < -0.39 is 27.3 Å². The molecule has 0 radical (unpaired) electrons. The highest BCUT2D eigenvalue weighted by atomic mass is 35.5. The fraction of sp³-hybridized carbons (Fsp3) is 0.485. The predicted molar refractivity (Wildman–Crippen MR) is 171 cm³/mol. The third-order valence-electron chi connectivity index (χ3n) is 9.24. The maximum absolute atomic E-state index is 13.6. The number of fused-ring (bicyclic) bond motifs is 3. The predicted octanol–water partition coefficient (Wildman–Crippen LogP) is 5.16. The van der Waals surface area contributed by atoms with Gasteiger partial charge in [-0.05, 0) is 98.2 Å². The number of halogens is 1. The number of nitrogens with one attached hydrogen (secondary N) is 1. The molecule has 12 heteroatoms. The van der Waals surface area contributed by atoms with Crippen LogP contribution in [0, 0.1) is 18.8 Å². The highest BCUT2D eigenvalue weighted by molar-refractivity contribution is 7.90. The topological polar surface area (TPSA) is 135 Å². The summed E-state index contributed by atoms with van der Waals surface area (Å²) in [6.07, 6.45) is 8.18. The molecule has 1 saturated carbocycles. The summed E-state index contributed by atoms with van der Waals surface area (Å²) < 4.78 is 41.4. The Balaban J connectivity index is 1.36. The summed E-state index contributed by atoms with van der Waals surface area (Å²) in [4.78, 5) is 15.8. The fourth-order valence-electron chi connectivity index (χ4n) is 6.55. The second-order valence-electron chi connectivity index (χ2n) is 12.3. The van der Waals surface area contributed by atoms with Crippen LogP contribution in [0.3, 0.4) is 0 Å². The van der Waals surface area contributed by atoms with Crippen molar-refractivity contribution in [1.82, 2.24) is 14.9 Å². The van der Waals surface area contributed by atoms with Crippen LogP contribution in [0.2, 0.25) is 5.02 Å². The van der Waals surface area contributed by atoms with Gasteiger partial charge in [-0.15, -0.1) is 10.2 Å². The summed E-state index contributed by atoms with van der Waals surface area (Å²) in [6, 6.07) is 10.9. The van der Waals surface area contributed by atoms with Crippen LogP contribution in [0.15, 0.2) is 53.0 Å². The number of hydrogen-bond donors (Lipinski definition) is 2. The lowest BCUT2D eigenvalue weighted by molar-refractivity contribution is 0.0461. The fourth-order valence-corrected chi connectivity index (χ4v) is 8.09. The van der Waals surface area contributed by atoms with Gasteiger partial charge in [0.25, 0.3) is 5.91 Å². The number of aromatic nitrogens is 2. The third-order valence-corrected chi connectivity index (χ3v) is 11.2. The summed E-state index contributed by atoms with van der Waals surface area (Å²) in [5.41, 5.74) is 3.16. The number of benzene rings is 2. The highest BCUT2D eigenvalue weighted by Gasteiger charge is 2.37. The molecule has 6 rings (SSSR count). The quantitative estimate of drug-likeness (QED) is 0.359. The van der Waals surface area contributed by atoms with Gasteiger partial charge in [0.05, 0.1) is 17.0 Å². The zero-order valence-corrected chi connectivity index (χ0v) is 26.9. The molecule has 240 valence electrons. The van der Waals surface area contributed by atoms with Crippen LogP contribution >= 0.6 is 11.6 Å². The van der Waals surface area contributed by atoms with Gasteiger partial charge in [-0.25, -0.2) is 13.1 Å². The molecule has 2 bridgehead atoms. The summed E-state index contributed by atoms with van der Waals surface area (Å²) in [5, 5.41) is 18.6. The zero-order valence-electron chi connectivity index (χ0n) is 25.3. The lowest BCUT2D eigenvalue weighted by Crippen LogP contribution is -2.43. The van der Waals surface area contributed by atoms with E-state index in [1.165, 1.54) is 0 Å². The van der Waals surface area contributed by atoms with Crippen molar-refractivity contribution in [3.63, 3.8) is 0 Å². The molecule has 0 unspecified atom stereocenters. The van der Waals surface area contributed by atoms with Gasteiger partial charge in [-0.2, -0.15) is 0 Å². The Morgan fingerprint density at radius 2 is 1.96 bits per heavy atom. The van der Waals surface area contributed by atoms with Crippen molar-refractivity contribution >= 4 is 33.2 Å². The number of aliphatic hydroxyl groups is 1. The molecular weight excluding hydrogens is 616 g/mol. The van der Waals surface area contributed by atoms with Crippen molar-refractivity contribution in [3.8, 4) is 5.75 Å². The monoisotopic (exact) mass is 654 g/mol. The Morgan fingerprint density at radius 3 is 2.73 bits per heavy atom. The number of aryl methyl sites for hydroxylation is 2. The number of amides is 1. The Kier molecular flexibility index (Phi) is 9.49. The van der Waals surface area contributed by atoms with E-state index in [1.807, 2.05) is 24.3 Å². The number of carbonyl (C=O) groups is 1. The normalized spacial score (nSPS) is 26.2. The van der Waals surface area contributed by atoms with Gasteiger partial charge in [0.1, 0.15) is 12.4 Å². The van der Waals surface area contributed by atoms with E-state index in [0.29, 0.717) is 36.2 Å². The van der Waals surface area contributed by atoms with Gasteiger partial charge in [0.2, 0.25) is 21.8 Å². The van der Waals surface area contributed by atoms with Crippen molar-refractivity contribution < 1.29 is 27.5 Å². The van der Waals surface area contributed by atoms with E-state index in [9.17, 15) is 18.3 Å². The molecule has 10 nitrogen and oxygen atoms in total. The van der Waals surface area contributed by atoms with Crippen LogP contribution in [0.1, 0.15) is 71.8 Å². The molecule has 2 aliphatic heterocycles. The smallest absolute Gasteiger partial charge is 0.264 e. The molecule has 3 heterocycles. The number of carbonyl (C=O) groups excluding carboxylic acids is 1. The molecule has 1 fully saturated rings. The second-order valence-corrected chi connectivity index (χ2v) is 14.7. The van der Waals surface area contributed by atoms with Crippen molar-refractivity contribution in [2.24, 2.45) is 11.8 Å². The largest absolute Gasteiger partial charge is 0.487 e. The number of anilines is 1. The number of allylic oxidation sites excluding steroid dienone is 1. The number of aliphatic hydroxyl groups excluding tert-OH is 1. The lowest BCUT2D eigenvalue weighted by atomic mass is 9.70. The third kappa shape index (κ3) is 7.37. The molecular formula is C33H39ClN4O6S. The van der Waals surface area contributed by atoms with Gasteiger partial charge in [-0.1, -0.05) is 29.8 Å². The average molecular weight is 655 g/mol. The van der Waals surface area contributed by atoms with Crippen LogP contribution in [-0.2, 0) is 29.5 Å². The SMILES string of the molecule is Cc1nnc(C[C@H]2CC/C=C/[C@H](O)[C@@H]3CC[C@H]3CN3CCCCc4cc(Cl)ccc4COc4ccc(cc43)C(=O)NS2(=O)=O)o1. The minimum Gasteiger partial charge on any atom is -0.487 e. The maximum atomic E-state index is 13.6. The minimum atomic E-state index is -4.14. The first kappa shape index (κ1) is 31.6. The van der Waals surface area contributed by atoms with Gasteiger partial charge < -0.3 is 19.2 Å². The van der Waals surface area contributed by atoms with Crippen molar-refractivity contribution in [2.45, 2.75) is 76.3 Å². The molecule has 3 aromatic rings. The molecule has 2 N–H and O–H groups in total. The summed E-state index contributed by atoms with van der Waals surface area (Å²) in [5.74, 6) is 0.775. The van der Waals surface area contributed by atoms with E-state index in [2.05, 4.69) is 19.8 Å². The van der Waals surface area contributed by atoms with Crippen molar-refractivity contribution in [2.75, 3.05) is 18.0 Å². The second kappa shape index (κ2) is 13.5. The van der Waals surface area contributed by atoms with E-state index in [4.69, 9.17) is 20.8 Å². The zero-order chi connectivity index (χ0) is 31.6. The number of sulfonamides is 1. The van der Waals surface area contributed by atoms with E-state index >= 15 is 0 Å². The van der Waals surface area contributed by atoms with Crippen LogP contribution in [-0.4, -0.2) is 54.1 Å². The number of nitrogens with zero attached hydrogens (tertiary/aromatic N) is 3. The average Bonchev–Trinajstić information content (AvgIpc) is 3.39. The first-order chi connectivity index (χ1) is 21.7. The molecule has 0 saturated heterocycles. The van der Waals surface area contributed by atoms with Gasteiger partial charge in [0, 0.05) is 37.0 Å². The molecule has 1 aromatic heterocycles. The number of hydrogen-bond acceptors (Lipinski definition) is 9. The molecule has 45 heavy (non-hydrogen) atoms. The van der Waals surface area contributed by atoms with Crippen molar-refractivity contribution in [3.05, 3.63) is 82.0 Å². The number of ether oxygens (including phenoxy) is 1. The van der Waals surface area contributed by atoms with Crippen LogP contribution in [0.4, 0.5) is 5.69 Å². The molecule has 0 spiro atoms. The molecule has 2 aromatic carbocycles. The first-order valence-corrected chi connectivity index (χ1v) is 17.6. The lowest BCUT2D eigenvalue weighted by Gasteiger charge is -2.42. The Labute approximate surface area is 268 Å². The first-order valence-electron chi connectivity index (χ1n) is 15.6. The number of rotatable bonds is 2. The van der Waals surface area contributed by atoms with Gasteiger partial charge in [0.15, 0.2) is 0 Å². The van der Waals surface area contributed by atoms with E-state index in [1.54, 1.807) is 31.2 Å². The standard InChI is InChI=1S/C33H39ClN4O6S/c1-21-35-36-32(44-21)18-27-7-2-3-8-30(39)28-13-10-24(28)19-38-15-5-4-6-22-16-26(34)12-9-25(22)20-43-31-14-11-23(17-29(31)38)33(40)37-45(27,41)42/h3,8-9,11-12,14,16-17,24,27-28,30,39H,2,4-7,10,13,15,18-20H2,1H3,(H,37,40)/b8-3+/t24-,27+,28+,30-/m0/s1. The summed E-state index contributed by atoms with van der Waals surface area (Å²) in [7, 11) is -4.14. The molecule has 1 amide bonds. The van der Waals surface area contributed by atoms with Crippen LogP contribution in [0.25, 0.3) is 0 Å². The molecule has 4 atom stereocenters. The van der Waals surface area contributed by atoms with E-state index in [-0.39, 0.29) is 36.1 Å². The summed E-state index contributed by atoms with van der Waals surface area (Å²) >= 11 is 6.31. The minimum absolute atomic E-state index is 0.0387. The van der Waals surface area contributed by atoms with E-state index in [0.717, 1.165) is 55.5 Å². The van der Waals surface area contributed by atoms with Crippen molar-refractivity contribution in [1.29, 1.82) is 0 Å². The molecule has 3 aliphatic rings. The van der Waals surface area contributed by atoms with Crippen LogP contribution in [0.5, 0.6) is 5.75 Å². The van der Waals surface area contributed by atoms with Gasteiger partial charge >= 0.3 is 0 Å². The Morgan fingerprint density at radius 1 is 1.09 bits per heavy atom. The Hall–Kier alpha value is -3.41. The Bertz CT molecular complexity index is 1670. The van der Waals surface area contributed by atoms with Crippen LogP contribution < -0.4 is 14.4 Å².